The highest BCUT2D eigenvalue weighted by atomic mass is 16.5. The second-order valence-corrected chi connectivity index (χ2v) is 5.17. The first-order valence-electron chi connectivity index (χ1n) is 7.49. The Labute approximate surface area is 121 Å². The summed E-state index contributed by atoms with van der Waals surface area (Å²) in [7, 11) is 1.68. The summed E-state index contributed by atoms with van der Waals surface area (Å²) in [5.41, 5.74) is 0.599. The highest BCUT2D eigenvalue weighted by molar-refractivity contribution is 5.36. The maximum Gasteiger partial charge on any atom is 0.162 e. The van der Waals surface area contributed by atoms with E-state index < -0.39 is 0 Å². The van der Waals surface area contributed by atoms with Gasteiger partial charge >= 0.3 is 0 Å². The smallest absolute Gasteiger partial charge is 0.162 e. The molecule has 0 radical (unpaired) electrons. The summed E-state index contributed by atoms with van der Waals surface area (Å²) >= 11 is 0. The van der Waals surface area contributed by atoms with Gasteiger partial charge < -0.3 is 14.8 Å². The molecular weight excluding hydrogens is 254 g/mol. The van der Waals surface area contributed by atoms with Crippen LogP contribution in [0.1, 0.15) is 51.0 Å². The van der Waals surface area contributed by atoms with E-state index in [9.17, 15) is 0 Å². The third kappa shape index (κ3) is 3.27. The third-order valence-electron chi connectivity index (χ3n) is 3.67. The third-order valence-corrected chi connectivity index (χ3v) is 3.67. The van der Waals surface area contributed by atoms with Crippen LogP contribution in [0.15, 0.2) is 6.07 Å². The van der Waals surface area contributed by atoms with Crippen LogP contribution in [0, 0.1) is 0 Å². The molecular formula is C15H25N3O2. The predicted molar refractivity (Wildman–Crippen MR) is 78.7 cm³/mol. The lowest BCUT2D eigenvalue weighted by atomic mass is 10.0. The molecule has 1 aliphatic rings. The lowest BCUT2D eigenvalue weighted by Gasteiger charge is -2.28. The quantitative estimate of drug-likeness (QED) is 0.831. The molecule has 0 amide bonds. The maximum absolute atomic E-state index is 6.05. The zero-order valence-corrected chi connectivity index (χ0v) is 12.7. The summed E-state index contributed by atoms with van der Waals surface area (Å²) < 4.78 is 11.3. The van der Waals surface area contributed by atoms with Crippen LogP contribution in [-0.4, -0.2) is 30.2 Å². The fourth-order valence-corrected chi connectivity index (χ4v) is 2.85. The fraction of sp³-hybridized carbons (Fsp3) is 0.733. The Bertz CT molecular complexity index is 407. The van der Waals surface area contributed by atoms with Gasteiger partial charge in [-0.05, 0) is 39.5 Å². The zero-order chi connectivity index (χ0) is 14.4. The van der Waals surface area contributed by atoms with Gasteiger partial charge in [-0.15, -0.1) is 0 Å². The first kappa shape index (κ1) is 15.2. The summed E-state index contributed by atoms with van der Waals surface area (Å²) in [4.78, 5) is 9.35. The Hall–Kier alpha value is -1.20. The van der Waals surface area contributed by atoms with Gasteiger partial charge in [-0.1, -0.05) is 0 Å². The normalized spacial score (nSPS) is 17.4. The summed E-state index contributed by atoms with van der Waals surface area (Å²) in [6.07, 6.45) is 4.36. The molecule has 1 aliphatic carbocycles. The minimum atomic E-state index is -0.303. The van der Waals surface area contributed by atoms with Crippen molar-refractivity contribution in [3.63, 3.8) is 0 Å². The van der Waals surface area contributed by atoms with Crippen LogP contribution in [0.2, 0.25) is 0 Å². The summed E-state index contributed by atoms with van der Waals surface area (Å²) in [5, 5.41) is 3.27. The van der Waals surface area contributed by atoms with E-state index in [2.05, 4.69) is 22.2 Å². The average molecular weight is 279 g/mol. The van der Waals surface area contributed by atoms with Crippen molar-refractivity contribution in [2.24, 2.45) is 0 Å². The lowest BCUT2D eigenvalue weighted by Crippen LogP contribution is -2.29. The van der Waals surface area contributed by atoms with Crippen molar-refractivity contribution < 1.29 is 9.47 Å². The fourth-order valence-electron chi connectivity index (χ4n) is 2.85. The average Bonchev–Trinajstić information content (AvgIpc) is 2.90. The van der Waals surface area contributed by atoms with Crippen LogP contribution in [0.25, 0.3) is 0 Å². The molecule has 0 saturated heterocycles. The van der Waals surface area contributed by atoms with Gasteiger partial charge in [-0.25, -0.2) is 9.97 Å². The Morgan fingerprint density at radius 1 is 1.25 bits per heavy atom. The molecule has 1 saturated carbocycles. The van der Waals surface area contributed by atoms with E-state index in [1.54, 1.807) is 7.11 Å². The van der Waals surface area contributed by atoms with E-state index in [0.717, 1.165) is 36.7 Å². The van der Waals surface area contributed by atoms with Crippen molar-refractivity contribution in [1.82, 2.24) is 9.97 Å². The van der Waals surface area contributed by atoms with Crippen molar-refractivity contribution >= 4 is 5.82 Å². The number of aromatic nitrogens is 2. The summed E-state index contributed by atoms with van der Waals surface area (Å²) in [5.74, 6) is 1.66. The maximum atomic E-state index is 6.05. The van der Waals surface area contributed by atoms with Crippen molar-refractivity contribution in [3.05, 3.63) is 17.6 Å². The molecule has 5 heteroatoms. The second kappa shape index (κ2) is 6.99. The van der Waals surface area contributed by atoms with Crippen LogP contribution >= 0.6 is 0 Å². The van der Waals surface area contributed by atoms with Gasteiger partial charge in [0.1, 0.15) is 11.4 Å². The molecule has 0 unspecified atom stereocenters. The molecule has 0 atom stereocenters. The van der Waals surface area contributed by atoms with Crippen molar-refractivity contribution in [1.29, 1.82) is 0 Å². The van der Waals surface area contributed by atoms with E-state index in [1.165, 1.54) is 12.8 Å². The lowest BCUT2D eigenvalue weighted by molar-refractivity contribution is -0.0459. The molecule has 1 fully saturated rings. The highest BCUT2D eigenvalue weighted by Gasteiger charge is 2.39. The highest BCUT2D eigenvalue weighted by Crippen LogP contribution is 2.40. The molecule has 20 heavy (non-hydrogen) atoms. The van der Waals surface area contributed by atoms with E-state index in [0.29, 0.717) is 13.2 Å². The molecule has 5 nitrogen and oxygen atoms in total. The Balaban J connectivity index is 2.36. The van der Waals surface area contributed by atoms with Gasteiger partial charge in [-0.3, -0.25) is 0 Å². The number of anilines is 1. The van der Waals surface area contributed by atoms with E-state index in [1.807, 2.05) is 13.0 Å². The van der Waals surface area contributed by atoms with Gasteiger partial charge in [0, 0.05) is 26.3 Å². The van der Waals surface area contributed by atoms with Crippen LogP contribution in [0.4, 0.5) is 5.82 Å². The Morgan fingerprint density at radius 3 is 2.60 bits per heavy atom. The van der Waals surface area contributed by atoms with Crippen molar-refractivity contribution in [3.8, 4) is 0 Å². The summed E-state index contributed by atoms with van der Waals surface area (Å²) in [6.45, 7) is 6.12. The van der Waals surface area contributed by atoms with Gasteiger partial charge in [0.25, 0.3) is 0 Å². The first-order valence-corrected chi connectivity index (χ1v) is 7.49. The molecule has 1 N–H and O–H groups in total. The second-order valence-electron chi connectivity index (χ2n) is 5.17. The predicted octanol–water partition coefficient (Wildman–Crippen LogP) is 2.86. The van der Waals surface area contributed by atoms with Gasteiger partial charge in [-0.2, -0.15) is 0 Å². The number of ether oxygens (including phenoxy) is 2. The Kier molecular flexibility index (Phi) is 5.31. The number of rotatable bonds is 7. The Morgan fingerprint density at radius 2 is 2.00 bits per heavy atom. The van der Waals surface area contributed by atoms with Gasteiger partial charge in [0.15, 0.2) is 5.82 Å². The van der Waals surface area contributed by atoms with Crippen molar-refractivity contribution in [2.45, 2.75) is 51.7 Å². The van der Waals surface area contributed by atoms with E-state index in [4.69, 9.17) is 9.47 Å². The molecule has 0 bridgehead atoms. The van der Waals surface area contributed by atoms with Crippen LogP contribution in [0.3, 0.4) is 0 Å². The molecule has 1 aromatic heterocycles. The SMILES string of the molecule is CCNc1cc(COC)nc(C2(OCC)CCCC2)n1. The number of hydrogen-bond donors (Lipinski definition) is 1. The molecule has 2 rings (SSSR count). The largest absolute Gasteiger partial charge is 0.378 e. The van der Waals surface area contributed by atoms with Crippen molar-refractivity contribution in [2.75, 3.05) is 25.6 Å². The number of nitrogens with zero attached hydrogens (tertiary/aromatic N) is 2. The molecule has 0 aliphatic heterocycles. The number of nitrogens with one attached hydrogen (secondary N) is 1. The topological polar surface area (TPSA) is 56.3 Å². The van der Waals surface area contributed by atoms with Gasteiger partial charge in [0.05, 0.1) is 12.3 Å². The molecule has 1 aromatic rings. The summed E-state index contributed by atoms with van der Waals surface area (Å²) in [6, 6.07) is 1.95. The minimum absolute atomic E-state index is 0.303. The van der Waals surface area contributed by atoms with E-state index in [-0.39, 0.29) is 5.60 Å². The van der Waals surface area contributed by atoms with Crippen LogP contribution in [-0.2, 0) is 21.7 Å². The van der Waals surface area contributed by atoms with E-state index >= 15 is 0 Å². The molecule has 1 heterocycles. The zero-order valence-electron chi connectivity index (χ0n) is 12.7. The molecule has 112 valence electrons. The first-order chi connectivity index (χ1) is 9.74. The molecule has 0 aromatic carbocycles. The van der Waals surface area contributed by atoms with Crippen LogP contribution in [0.5, 0.6) is 0 Å². The van der Waals surface area contributed by atoms with Crippen LogP contribution < -0.4 is 5.32 Å². The molecule has 0 spiro atoms. The monoisotopic (exact) mass is 279 g/mol. The number of methoxy groups -OCH3 is 1. The minimum Gasteiger partial charge on any atom is -0.378 e. The standard InChI is InChI=1S/C15H25N3O2/c1-4-16-13-10-12(11-19-3)17-14(18-13)15(20-5-2)8-6-7-9-15/h10H,4-9,11H2,1-3H3,(H,16,17,18). The van der Waals surface area contributed by atoms with Gasteiger partial charge in [0.2, 0.25) is 0 Å². The number of hydrogen-bond acceptors (Lipinski definition) is 5.